The number of aromatic nitrogens is 2. The van der Waals surface area contributed by atoms with Gasteiger partial charge in [-0.1, -0.05) is 52.3 Å². The van der Waals surface area contributed by atoms with Gasteiger partial charge in [-0.25, -0.2) is 4.79 Å². The largest absolute Gasteiger partial charge is 0.501 e. The summed E-state index contributed by atoms with van der Waals surface area (Å²) in [6.07, 6.45) is 1.99. The smallest absolute Gasteiger partial charge is 0.337 e. The quantitative estimate of drug-likeness (QED) is 0.175. The molecule has 0 saturated carbocycles. The van der Waals surface area contributed by atoms with Crippen LogP contribution in [0.25, 0.3) is 28.6 Å². The van der Waals surface area contributed by atoms with Gasteiger partial charge in [-0.3, -0.25) is 0 Å². The molecule has 0 radical (unpaired) electrons. The standard InChI is InChI=1S/C29H26Cl2N2O4/c1-18-11-23(10-9-22(18)12-19(2)35-3)28-16-27(24-13-25(30)15-26(31)14-24)32-33(28)37-17-20-5-7-21(8-6-20)29(34)36-4/h5-16H,17H2,1-4H3/b19-12+. The first-order valence-corrected chi connectivity index (χ1v) is 12.2. The van der Waals surface area contributed by atoms with Gasteiger partial charge in [-0.2, -0.15) is 0 Å². The highest BCUT2D eigenvalue weighted by atomic mass is 35.5. The maximum absolute atomic E-state index is 11.7. The van der Waals surface area contributed by atoms with Crippen LogP contribution in [0.5, 0.6) is 0 Å². The molecule has 0 aliphatic carbocycles. The molecule has 0 unspecified atom stereocenters. The molecule has 3 aromatic carbocycles. The Balaban J connectivity index is 1.70. The summed E-state index contributed by atoms with van der Waals surface area (Å²) in [6.45, 7) is 4.19. The van der Waals surface area contributed by atoms with Crippen LogP contribution >= 0.6 is 23.2 Å². The lowest BCUT2D eigenvalue weighted by Crippen LogP contribution is -2.14. The van der Waals surface area contributed by atoms with Crippen LogP contribution in [0.2, 0.25) is 10.0 Å². The monoisotopic (exact) mass is 536 g/mol. The lowest BCUT2D eigenvalue weighted by Gasteiger charge is -2.11. The Labute approximate surface area is 226 Å². The minimum Gasteiger partial charge on any atom is -0.501 e. The number of methoxy groups -OCH3 is 2. The maximum Gasteiger partial charge on any atom is 0.337 e. The highest BCUT2D eigenvalue weighted by molar-refractivity contribution is 6.35. The molecular formula is C29H26Cl2N2O4. The third-order valence-corrected chi connectivity index (χ3v) is 6.25. The van der Waals surface area contributed by atoms with Crippen LogP contribution in [0, 0.1) is 6.92 Å². The van der Waals surface area contributed by atoms with E-state index in [4.69, 9.17) is 42.6 Å². The summed E-state index contributed by atoms with van der Waals surface area (Å²) in [5.74, 6) is 0.434. The molecule has 0 N–H and O–H groups in total. The van der Waals surface area contributed by atoms with E-state index >= 15 is 0 Å². The van der Waals surface area contributed by atoms with Crippen molar-refractivity contribution >= 4 is 35.2 Å². The summed E-state index contributed by atoms with van der Waals surface area (Å²) in [5.41, 5.74) is 6.60. The van der Waals surface area contributed by atoms with E-state index in [1.165, 1.54) is 12.0 Å². The van der Waals surface area contributed by atoms with Crippen LogP contribution in [0.4, 0.5) is 0 Å². The molecule has 0 spiro atoms. The van der Waals surface area contributed by atoms with Crippen LogP contribution in [-0.2, 0) is 16.1 Å². The molecule has 37 heavy (non-hydrogen) atoms. The Morgan fingerprint density at radius 1 is 0.919 bits per heavy atom. The normalized spacial score (nSPS) is 11.4. The van der Waals surface area contributed by atoms with Gasteiger partial charge >= 0.3 is 5.97 Å². The minimum absolute atomic E-state index is 0.235. The Bertz CT molecular complexity index is 1440. The predicted octanol–water partition coefficient (Wildman–Crippen LogP) is 7.25. The minimum atomic E-state index is -0.388. The van der Waals surface area contributed by atoms with Crippen LogP contribution in [-0.4, -0.2) is 30.1 Å². The average molecular weight is 537 g/mol. The van der Waals surface area contributed by atoms with Gasteiger partial charge in [0, 0.05) is 21.2 Å². The van der Waals surface area contributed by atoms with Gasteiger partial charge in [0.2, 0.25) is 0 Å². The topological polar surface area (TPSA) is 62.6 Å². The first-order valence-electron chi connectivity index (χ1n) is 11.5. The fourth-order valence-corrected chi connectivity index (χ4v) is 4.29. The van der Waals surface area contributed by atoms with Crippen LogP contribution < -0.4 is 4.84 Å². The number of rotatable bonds is 8. The van der Waals surface area contributed by atoms with E-state index in [1.54, 1.807) is 25.3 Å². The van der Waals surface area contributed by atoms with E-state index in [0.29, 0.717) is 21.3 Å². The van der Waals surface area contributed by atoms with Crippen molar-refractivity contribution < 1.29 is 19.1 Å². The van der Waals surface area contributed by atoms with E-state index in [-0.39, 0.29) is 12.6 Å². The highest BCUT2D eigenvalue weighted by Gasteiger charge is 2.15. The number of hydrogen-bond donors (Lipinski definition) is 0. The zero-order valence-electron chi connectivity index (χ0n) is 20.9. The van der Waals surface area contributed by atoms with Crippen molar-refractivity contribution in [3.05, 3.63) is 105 Å². The van der Waals surface area contributed by atoms with E-state index in [1.807, 2.05) is 62.4 Å². The number of nitrogens with zero attached hydrogens (tertiary/aromatic N) is 2. The Morgan fingerprint density at radius 3 is 2.24 bits per heavy atom. The number of hydrogen-bond acceptors (Lipinski definition) is 5. The van der Waals surface area contributed by atoms with E-state index in [2.05, 4.69) is 6.07 Å². The third kappa shape index (κ3) is 6.34. The van der Waals surface area contributed by atoms with Crippen molar-refractivity contribution in [1.29, 1.82) is 0 Å². The highest BCUT2D eigenvalue weighted by Crippen LogP contribution is 2.31. The second kappa shape index (κ2) is 11.5. The fraction of sp³-hybridized carbons (Fsp3) is 0.172. The molecule has 1 heterocycles. The molecule has 8 heteroatoms. The fourth-order valence-electron chi connectivity index (χ4n) is 3.77. The molecule has 0 amide bonds. The lowest BCUT2D eigenvalue weighted by molar-refractivity contribution is 0.0600. The van der Waals surface area contributed by atoms with Crippen LogP contribution in [0.15, 0.2) is 72.5 Å². The molecule has 6 nitrogen and oxygen atoms in total. The molecule has 0 aliphatic heterocycles. The summed E-state index contributed by atoms with van der Waals surface area (Å²) in [7, 11) is 3.00. The number of aryl methyl sites for hydroxylation is 1. The van der Waals surface area contributed by atoms with Crippen molar-refractivity contribution in [3.63, 3.8) is 0 Å². The Hall–Kier alpha value is -3.74. The summed E-state index contributed by atoms with van der Waals surface area (Å²) >= 11 is 12.5. The number of esters is 1. The predicted molar refractivity (Wildman–Crippen MR) is 147 cm³/mol. The number of benzene rings is 3. The van der Waals surface area contributed by atoms with Gasteiger partial charge in [-0.15, -0.1) is 5.10 Å². The summed E-state index contributed by atoms with van der Waals surface area (Å²) in [4.78, 5) is 19.3. The summed E-state index contributed by atoms with van der Waals surface area (Å²) in [5, 5.41) is 5.74. The molecule has 1 aromatic heterocycles. The first kappa shape index (κ1) is 26.3. The number of halogens is 2. The van der Waals surface area contributed by atoms with Gasteiger partial charge in [0.15, 0.2) is 0 Å². The maximum atomic E-state index is 11.7. The second-order valence-electron chi connectivity index (χ2n) is 8.44. The number of ether oxygens (including phenoxy) is 2. The molecule has 0 saturated heterocycles. The van der Waals surface area contributed by atoms with Gasteiger partial charge in [0.25, 0.3) is 0 Å². The molecule has 0 bridgehead atoms. The number of allylic oxidation sites excluding steroid dienone is 1. The first-order chi connectivity index (χ1) is 17.8. The van der Waals surface area contributed by atoms with Crippen LogP contribution in [0.3, 0.4) is 0 Å². The second-order valence-corrected chi connectivity index (χ2v) is 9.31. The molecule has 190 valence electrons. The van der Waals surface area contributed by atoms with Crippen molar-refractivity contribution in [3.8, 4) is 22.5 Å². The van der Waals surface area contributed by atoms with Crippen molar-refractivity contribution in [2.75, 3.05) is 14.2 Å². The molecule has 0 fully saturated rings. The van der Waals surface area contributed by atoms with E-state index in [0.717, 1.165) is 39.3 Å². The molecular weight excluding hydrogens is 511 g/mol. The summed E-state index contributed by atoms with van der Waals surface area (Å²) in [6, 6.07) is 20.4. The third-order valence-electron chi connectivity index (χ3n) is 5.81. The summed E-state index contributed by atoms with van der Waals surface area (Å²) < 4.78 is 10.1. The zero-order valence-corrected chi connectivity index (χ0v) is 22.4. The van der Waals surface area contributed by atoms with E-state index in [9.17, 15) is 4.79 Å². The number of carbonyl (C=O) groups excluding carboxylic acids is 1. The Kier molecular flexibility index (Phi) is 8.21. The lowest BCUT2D eigenvalue weighted by atomic mass is 10.0. The zero-order chi connectivity index (χ0) is 26.5. The molecule has 4 aromatic rings. The van der Waals surface area contributed by atoms with Crippen molar-refractivity contribution in [1.82, 2.24) is 9.94 Å². The van der Waals surface area contributed by atoms with Gasteiger partial charge in [0.05, 0.1) is 31.2 Å². The van der Waals surface area contributed by atoms with E-state index < -0.39 is 0 Å². The van der Waals surface area contributed by atoms with Crippen molar-refractivity contribution in [2.45, 2.75) is 20.5 Å². The van der Waals surface area contributed by atoms with Gasteiger partial charge in [0.1, 0.15) is 12.3 Å². The number of carbonyl (C=O) groups is 1. The average Bonchev–Trinajstić information content (AvgIpc) is 3.32. The SMILES string of the molecule is COC(=O)c1ccc(COn2nc(-c3cc(Cl)cc(Cl)c3)cc2-c2ccc(/C=C(\C)OC)c(C)c2)cc1. The van der Waals surface area contributed by atoms with Gasteiger partial charge in [-0.05, 0) is 79.1 Å². The van der Waals surface area contributed by atoms with Gasteiger partial charge < -0.3 is 14.3 Å². The molecule has 4 rings (SSSR count). The van der Waals surface area contributed by atoms with Crippen molar-refractivity contribution in [2.24, 2.45) is 0 Å². The Morgan fingerprint density at radius 2 is 1.62 bits per heavy atom. The van der Waals surface area contributed by atoms with Crippen LogP contribution in [0.1, 0.15) is 34.0 Å². The molecule has 0 atom stereocenters. The molecule has 0 aliphatic rings.